The summed E-state index contributed by atoms with van der Waals surface area (Å²) in [7, 11) is 0. The van der Waals surface area contributed by atoms with Crippen LogP contribution in [0.2, 0.25) is 0 Å². The van der Waals surface area contributed by atoms with E-state index in [1.165, 1.54) is 193 Å². The summed E-state index contributed by atoms with van der Waals surface area (Å²) in [4.78, 5) is 12.7. The molecule has 0 spiro atoms. The highest BCUT2D eigenvalue weighted by Crippen LogP contribution is 2.38. The number of carbonyl (C=O) groups is 1. The molecular weight excluding hydrogens is 548 g/mol. The lowest BCUT2D eigenvalue weighted by atomic mass is 9.74. The molecule has 0 bridgehead atoms. The van der Waals surface area contributed by atoms with Crippen LogP contribution < -0.4 is 0 Å². The van der Waals surface area contributed by atoms with E-state index in [1.807, 2.05) is 0 Å². The second-order valence-electron chi connectivity index (χ2n) is 15.6. The van der Waals surface area contributed by atoms with Gasteiger partial charge in [-0.15, -0.1) is 0 Å². The number of aliphatic carboxylic acids is 1. The van der Waals surface area contributed by atoms with E-state index >= 15 is 0 Å². The van der Waals surface area contributed by atoms with Crippen LogP contribution in [0.25, 0.3) is 0 Å². The van der Waals surface area contributed by atoms with Gasteiger partial charge in [-0.1, -0.05) is 240 Å². The maximum Gasteiger partial charge on any atom is 0.309 e. The standard InChI is InChI=1S/C43H86O2/c1-5-7-9-11-13-15-17-19-21-22-24-26-28-30-32-35-39-43(42(44)45,40-36-33-37-41(3)4)38-34-31-29-27-25-23-20-18-16-14-12-10-8-6-2/h41H,5-40H2,1-4H3,(H,44,45). The highest BCUT2D eigenvalue weighted by molar-refractivity contribution is 5.74. The minimum absolute atomic E-state index is 0.468. The molecular formula is C43H86O2. The second kappa shape index (κ2) is 34.8. The molecule has 1 atom stereocenters. The van der Waals surface area contributed by atoms with Crippen molar-refractivity contribution in [3.05, 3.63) is 0 Å². The molecule has 0 aliphatic heterocycles. The first kappa shape index (κ1) is 44.5. The predicted molar refractivity (Wildman–Crippen MR) is 202 cm³/mol. The number of hydrogen-bond donors (Lipinski definition) is 1. The Morgan fingerprint density at radius 1 is 0.400 bits per heavy atom. The maximum absolute atomic E-state index is 12.7. The Balaban J connectivity index is 4.12. The Bertz CT molecular complexity index is 584. The Morgan fingerprint density at radius 3 is 0.844 bits per heavy atom. The SMILES string of the molecule is CCCCCCCCCCCCCCCCCCC(CCCCCCCCCCCCCCCC)(CCCCC(C)C)C(=O)O. The Hall–Kier alpha value is -0.530. The van der Waals surface area contributed by atoms with E-state index in [9.17, 15) is 9.90 Å². The van der Waals surface area contributed by atoms with Crippen LogP contribution in [0, 0.1) is 11.3 Å². The van der Waals surface area contributed by atoms with Gasteiger partial charge >= 0.3 is 5.97 Å². The fourth-order valence-corrected chi connectivity index (χ4v) is 7.38. The van der Waals surface area contributed by atoms with Crippen molar-refractivity contribution in [1.82, 2.24) is 0 Å². The van der Waals surface area contributed by atoms with Gasteiger partial charge in [-0.25, -0.2) is 0 Å². The van der Waals surface area contributed by atoms with Gasteiger partial charge in [0.2, 0.25) is 0 Å². The molecule has 0 rings (SSSR count). The van der Waals surface area contributed by atoms with Crippen molar-refractivity contribution in [3.63, 3.8) is 0 Å². The molecule has 270 valence electrons. The van der Waals surface area contributed by atoms with Crippen LogP contribution in [0.15, 0.2) is 0 Å². The molecule has 45 heavy (non-hydrogen) atoms. The van der Waals surface area contributed by atoms with Crippen LogP contribution in [0.1, 0.15) is 259 Å². The van der Waals surface area contributed by atoms with Gasteiger partial charge < -0.3 is 5.11 Å². The predicted octanol–water partition coefficient (Wildman–Crippen LogP) is 15.8. The van der Waals surface area contributed by atoms with Crippen molar-refractivity contribution >= 4 is 5.97 Å². The Morgan fingerprint density at radius 2 is 0.622 bits per heavy atom. The van der Waals surface area contributed by atoms with Gasteiger partial charge in [-0.3, -0.25) is 4.79 Å². The average Bonchev–Trinajstić information content (AvgIpc) is 3.02. The molecule has 0 radical (unpaired) electrons. The molecule has 2 nitrogen and oxygen atoms in total. The lowest BCUT2D eigenvalue weighted by molar-refractivity contribution is -0.150. The number of carboxylic acid groups (broad SMARTS) is 1. The zero-order valence-corrected chi connectivity index (χ0v) is 31.9. The maximum atomic E-state index is 12.7. The molecule has 0 heterocycles. The summed E-state index contributed by atoms with van der Waals surface area (Å²) in [5, 5.41) is 10.5. The normalized spacial score (nSPS) is 13.1. The molecule has 0 aromatic heterocycles. The first-order valence-electron chi connectivity index (χ1n) is 21.2. The topological polar surface area (TPSA) is 37.3 Å². The third-order valence-corrected chi connectivity index (χ3v) is 10.7. The lowest BCUT2D eigenvalue weighted by Crippen LogP contribution is -2.31. The van der Waals surface area contributed by atoms with Crippen molar-refractivity contribution in [1.29, 1.82) is 0 Å². The van der Waals surface area contributed by atoms with Crippen LogP contribution in [0.4, 0.5) is 0 Å². The van der Waals surface area contributed by atoms with E-state index in [0.29, 0.717) is 0 Å². The fraction of sp³-hybridized carbons (Fsp3) is 0.977. The van der Waals surface area contributed by atoms with Crippen LogP contribution in [-0.4, -0.2) is 11.1 Å². The first-order chi connectivity index (χ1) is 22.0. The van der Waals surface area contributed by atoms with E-state index in [2.05, 4.69) is 27.7 Å². The van der Waals surface area contributed by atoms with Gasteiger partial charge in [0.15, 0.2) is 0 Å². The van der Waals surface area contributed by atoms with Gasteiger partial charge in [0.05, 0.1) is 5.41 Å². The molecule has 0 fully saturated rings. The highest BCUT2D eigenvalue weighted by Gasteiger charge is 2.36. The molecule has 0 saturated carbocycles. The van der Waals surface area contributed by atoms with Crippen LogP contribution in [0.3, 0.4) is 0 Å². The van der Waals surface area contributed by atoms with Crippen molar-refractivity contribution < 1.29 is 9.90 Å². The third kappa shape index (κ3) is 30.5. The minimum atomic E-state index is -0.497. The first-order valence-corrected chi connectivity index (χ1v) is 21.2. The molecule has 2 heteroatoms. The van der Waals surface area contributed by atoms with Crippen molar-refractivity contribution in [3.8, 4) is 0 Å². The van der Waals surface area contributed by atoms with Crippen molar-refractivity contribution in [2.24, 2.45) is 11.3 Å². The van der Waals surface area contributed by atoms with Gasteiger partial charge in [0.1, 0.15) is 0 Å². The summed E-state index contributed by atoms with van der Waals surface area (Å²) >= 11 is 0. The molecule has 1 unspecified atom stereocenters. The van der Waals surface area contributed by atoms with Crippen LogP contribution >= 0.6 is 0 Å². The monoisotopic (exact) mass is 635 g/mol. The molecule has 1 N–H and O–H groups in total. The number of carboxylic acids is 1. The zero-order chi connectivity index (χ0) is 33.1. The van der Waals surface area contributed by atoms with Gasteiger partial charge in [-0.05, 0) is 25.2 Å². The van der Waals surface area contributed by atoms with Gasteiger partial charge in [-0.2, -0.15) is 0 Å². The summed E-state index contributed by atoms with van der Waals surface area (Å²) in [6, 6.07) is 0. The largest absolute Gasteiger partial charge is 0.481 e. The van der Waals surface area contributed by atoms with E-state index in [-0.39, 0.29) is 0 Å². The van der Waals surface area contributed by atoms with Crippen LogP contribution in [0.5, 0.6) is 0 Å². The summed E-state index contributed by atoms with van der Waals surface area (Å²) in [5.74, 6) is 0.220. The lowest BCUT2D eigenvalue weighted by Gasteiger charge is -2.30. The summed E-state index contributed by atoms with van der Waals surface area (Å²) in [5.41, 5.74) is -0.468. The van der Waals surface area contributed by atoms with Crippen LogP contribution in [-0.2, 0) is 4.79 Å². The van der Waals surface area contributed by atoms with Crippen molar-refractivity contribution in [2.45, 2.75) is 259 Å². The Labute approximate surface area is 285 Å². The van der Waals surface area contributed by atoms with E-state index in [0.717, 1.165) is 44.4 Å². The number of hydrogen-bond acceptors (Lipinski definition) is 1. The fourth-order valence-electron chi connectivity index (χ4n) is 7.38. The summed E-state index contributed by atoms with van der Waals surface area (Å²) in [6.45, 7) is 9.16. The molecule has 0 aromatic rings. The molecule has 0 aromatic carbocycles. The summed E-state index contributed by atoms with van der Waals surface area (Å²) in [6.07, 6.45) is 47.2. The highest BCUT2D eigenvalue weighted by atomic mass is 16.4. The molecule has 0 aliphatic rings. The van der Waals surface area contributed by atoms with E-state index < -0.39 is 11.4 Å². The van der Waals surface area contributed by atoms with Gasteiger partial charge in [0, 0.05) is 0 Å². The van der Waals surface area contributed by atoms with E-state index in [4.69, 9.17) is 0 Å². The number of rotatable bonds is 38. The molecule has 0 aliphatic carbocycles. The Kier molecular flexibility index (Phi) is 34.4. The third-order valence-electron chi connectivity index (χ3n) is 10.7. The van der Waals surface area contributed by atoms with Gasteiger partial charge in [0.25, 0.3) is 0 Å². The molecule has 0 saturated heterocycles. The smallest absolute Gasteiger partial charge is 0.309 e. The summed E-state index contributed by atoms with van der Waals surface area (Å²) < 4.78 is 0. The average molecular weight is 635 g/mol. The molecule has 0 amide bonds. The minimum Gasteiger partial charge on any atom is -0.481 e. The zero-order valence-electron chi connectivity index (χ0n) is 31.9. The number of unbranched alkanes of at least 4 members (excludes halogenated alkanes) is 29. The second-order valence-corrected chi connectivity index (χ2v) is 15.6. The van der Waals surface area contributed by atoms with E-state index in [1.54, 1.807) is 0 Å². The van der Waals surface area contributed by atoms with Crippen molar-refractivity contribution in [2.75, 3.05) is 0 Å². The quantitative estimate of drug-likeness (QED) is 0.0686.